The van der Waals surface area contributed by atoms with Crippen molar-refractivity contribution in [3.63, 3.8) is 0 Å². The Morgan fingerprint density at radius 2 is 0.870 bits per heavy atom. The quantitative estimate of drug-likeness (QED) is 0.169. The van der Waals surface area contributed by atoms with Gasteiger partial charge in [0.1, 0.15) is 0 Å². The Bertz CT molecular complexity index is 2710. The van der Waals surface area contributed by atoms with Gasteiger partial charge in [0.05, 0.1) is 5.69 Å². The normalized spacial score (nSPS) is 12.8. The molecule has 0 saturated heterocycles. The van der Waals surface area contributed by atoms with Crippen molar-refractivity contribution < 1.29 is 0 Å². The van der Waals surface area contributed by atoms with E-state index in [1.807, 2.05) is 0 Å². The zero-order valence-corrected chi connectivity index (χ0v) is 31.5. The van der Waals surface area contributed by atoms with Crippen LogP contribution in [0.2, 0.25) is 0 Å². The Morgan fingerprint density at radius 1 is 0.352 bits per heavy atom. The maximum absolute atomic E-state index is 2.55. The summed E-state index contributed by atoms with van der Waals surface area (Å²) in [4.78, 5) is 5.09. The van der Waals surface area contributed by atoms with Crippen molar-refractivity contribution in [2.75, 3.05) is 9.80 Å². The molecule has 0 N–H and O–H groups in total. The molecular weight excluding hydrogens is 651 g/mol. The van der Waals surface area contributed by atoms with E-state index in [1.165, 1.54) is 106 Å². The van der Waals surface area contributed by atoms with Crippen LogP contribution in [0.5, 0.6) is 0 Å². The van der Waals surface area contributed by atoms with Gasteiger partial charge in [0.25, 0.3) is 6.71 Å². The molecule has 54 heavy (non-hydrogen) atoms. The van der Waals surface area contributed by atoms with Gasteiger partial charge in [0, 0.05) is 33.8 Å². The second kappa shape index (κ2) is 12.4. The number of fused-ring (bicyclic) bond motifs is 5. The fourth-order valence-corrected chi connectivity index (χ4v) is 8.89. The molecule has 258 valence electrons. The van der Waals surface area contributed by atoms with E-state index in [1.54, 1.807) is 0 Å². The summed E-state index contributed by atoms with van der Waals surface area (Å²) in [5.74, 6) is 0. The van der Waals surface area contributed by atoms with Crippen LogP contribution in [-0.4, -0.2) is 6.71 Å². The minimum Gasteiger partial charge on any atom is -0.311 e. The Labute approximate surface area is 319 Å². The molecule has 0 aliphatic carbocycles. The highest BCUT2D eigenvalue weighted by molar-refractivity contribution is 7.00. The van der Waals surface area contributed by atoms with Gasteiger partial charge in [-0.25, -0.2) is 0 Å². The molecular formula is C51H41BN2. The molecule has 0 atom stereocenters. The van der Waals surface area contributed by atoms with E-state index in [9.17, 15) is 0 Å². The lowest BCUT2D eigenvalue weighted by Gasteiger charge is -2.45. The van der Waals surface area contributed by atoms with Gasteiger partial charge in [-0.15, -0.1) is 0 Å². The summed E-state index contributed by atoms with van der Waals surface area (Å²) in [6, 6.07) is 59.5. The van der Waals surface area contributed by atoms with Crippen LogP contribution in [0, 0.1) is 34.6 Å². The first-order chi connectivity index (χ1) is 26.3. The number of aryl methyl sites for hydroxylation is 5. The van der Waals surface area contributed by atoms with Gasteiger partial charge in [0.15, 0.2) is 0 Å². The van der Waals surface area contributed by atoms with Gasteiger partial charge in [-0.3, -0.25) is 0 Å². The molecule has 0 radical (unpaired) electrons. The van der Waals surface area contributed by atoms with Crippen molar-refractivity contribution in [2.45, 2.75) is 34.6 Å². The van der Waals surface area contributed by atoms with E-state index in [4.69, 9.17) is 0 Å². The first-order valence-corrected chi connectivity index (χ1v) is 19.0. The number of rotatable bonds is 4. The van der Waals surface area contributed by atoms with Crippen LogP contribution in [0.25, 0.3) is 33.0 Å². The molecule has 0 aromatic heterocycles. The van der Waals surface area contributed by atoms with E-state index in [0.717, 1.165) is 5.69 Å². The fraction of sp³-hybridized carbons (Fsp3) is 0.0980. The molecule has 2 nitrogen and oxygen atoms in total. The fourth-order valence-electron chi connectivity index (χ4n) is 8.89. The van der Waals surface area contributed by atoms with E-state index < -0.39 is 0 Å². The van der Waals surface area contributed by atoms with E-state index in [2.05, 4.69) is 202 Å². The first kappa shape index (κ1) is 32.3. The van der Waals surface area contributed by atoms with Crippen LogP contribution in [0.3, 0.4) is 0 Å². The van der Waals surface area contributed by atoms with E-state index >= 15 is 0 Å². The lowest BCUT2D eigenvalue weighted by atomic mass is 9.33. The molecule has 2 aliphatic rings. The van der Waals surface area contributed by atoms with Crippen molar-refractivity contribution in [3.05, 3.63) is 186 Å². The molecule has 0 amide bonds. The van der Waals surface area contributed by atoms with E-state index in [0.29, 0.717) is 0 Å². The predicted molar refractivity (Wildman–Crippen MR) is 233 cm³/mol. The summed E-state index contributed by atoms with van der Waals surface area (Å²) in [7, 11) is 0. The SMILES string of the molecule is Cc1ccc(-c2cc(-c3ccc(C)cc3)cc(N3c4ccc(C)cc4B4c5cc(C)ccc5N(c5cccc6ccccc56)c5cc(C)cc3c54)c2)cc1. The second-order valence-corrected chi connectivity index (χ2v) is 15.4. The minimum atomic E-state index is 0.0831. The lowest BCUT2D eigenvalue weighted by molar-refractivity contribution is 1.24. The summed E-state index contributed by atoms with van der Waals surface area (Å²) in [6.45, 7) is 11.1. The third kappa shape index (κ3) is 5.18. The third-order valence-electron chi connectivity index (χ3n) is 11.5. The van der Waals surface area contributed by atoms with Crippen molar-refractivity contribution in [2.24, 2.45) is 0 Å². The summed E-state index contributed by atoms with van der Waals surface area (Å²) in [5.41, 5.74) is 22.5. The topological polar surface area (TPSA) is 6.48 Å². The van der Waals surface area contributed by atoms with Crippen LogP contribution in [0.4, 0.5) is 34.1 Å². The van der Waals surface area contributed by atoms with Crippen LogP contribution in [-0.2, 0) is 0 Å². The summed E-state index contributed by atoms with van der Waals surface area (Å²) < 4.78 is 0. The maximum Gasteiger partial charge on any atom is 0.252 e. The van der Waals surface area contributed by atoms with Crippen LogP contribution < -0.4 is 26.2 Å². The molecule has 8 aromatic rings. The largest absolute Gasteiger partial charge is 0.311 e. The molecule has 0 fully saturated rings. The van der Waals surface area contributed by atoms with Crippen molar-refractivity contribution in [1.82, 2.24) is 0 Å². The molecule has 0 bridgehead atoms. The molecule has 0 saturated carbocycles. The van der Waals surface area contributed by atoms with Crippen LogP contribution >= 0.6 is 0 Å². The average Bonchev–Trinajstić information content (AvgIpc) is 3.18. The van der Waals surface area contributed by atoms with Gasteiger partial charge in [0.2, 0.25) is 0 Å². The highest BCUT2D eigenvalue weighted by atomic mass is 15.2. The zero-order chi connectivity index (χ0) is 36.7. The van der Waals surface area contributed by atoms with Gasteiger partial charge in [-0.2, -0.15) is 0 Å². The number of hydrogen-bond donors (Lipinski definition) is 0. The summed E-state index contributed by atoms with van der Waals surface area (Å²) in [6.07, 6.45) is 0. The monoisotopic (exact) mass is 692 g/mol. The molecule has 0 spiro atoms. The highest BCUT2D eigenvalue weighted by Crippen LogP contribution is 2.47. The van der Waals surface area contributed by atoms with Gasteiger partial charge in [-0.1, -0.05) is 131 Å². The van der Waals surface area contributed by atoms with Crippen LogP contribution in [0.1, 0.15) is 27.8 Å². The van der Waals surface area contributed by atoms with Gasteiger partial charge < -0.3 is 9.80 Å². The number of hydrogen-bond acceptors (Lipinski definition) is 2. The van der Waals surface area contributed by atoms with Crippen molar-refractivity contribution >= 4 is 68.0 Å². The lowest BCUT2D eigenvalue weighted by Crippen LogP contribution is -2.61. The maximum atomic E-state index is 2.55. The number of nitrogens with zero attached hydrogens (tertiary/aromatic N) is 2. The summed E-state index contributed by atoms with van der Waals surface area (Å²) >= 11 is 0. The van der Waals surface area contributed by atoms with Crippen molar-refractivity contribution in [3.8, 4) is 22.3 Å². The van der Waals surface area contributed by atoms with Gasteiger partial charge in [-0.05, 0) is 133 Å². The Morgan fingerprint density at radius 3 is 1.48 bits per heavy atom. The standard InChI is InChI=1S/C51H41BN2/c1-32-13-19-37(20-14-32)40-29-41(38-21-15-33(2)16-22-38)31-42(30-40)53-47-23-17-34(3)25-44(47)52-45-26-35(4)18-24-48(45)54(50-28-36(5)27-49(53)51(50)52)46-12-8-10-39-9-6-7-11-43(39)46/h6-31H,1-5H3. The van der Waals surface area contributed by atoms with E-state index in [-0.39, 0.29) is 6.71 Å². The average molecular weight is 693 g/mol. The number of anilines is 6. The second-order valence-electron chi connectivity index (χ2n) is 15.4. The zero-order valence-electron chi connectivity index (χ0n) is 31.5. The summed E-state index contributed by atoms with van der Waals surface area (Å²) in [5, 5.41) is 2.49. The van der Waals surface area contributed by atoms with Crippen molar-refractivity contribution in [1.29, 1.82) is 0 Å². The Hall–Kier alpha value is -6.32. The number of benzene rings is 8. The Kier molecular flexibility index (Phi) is 7.42. The third-order valence-corrected chi connectivity index (χ3v) is 11.5. The first-order valence-electron chi connectivity index (χ1n) is 19.0. The minimum absolute atomic E-state index is 0.0831. The molecule has 2 aliphatic heterocycles. The molecule has 0 unspecified atom stereocenters. The predicted octanol–water partition coefficient (Wildman–Crippen LogP) is 11.8. The molecule has 3 heteroatoms. The Balaban J connectivity index is 1.29. The molecule has 2 heterocycles. The smallest absolute Gasteiger partial charge is 0.252 e. The molecule has 10 rings (SSSR count). The van der Waals surface area contributed by atoms with Gasteiger partial charge >= 0.3 is 0 Å². The van der Waals surface area contributed by atoms with Crippen LogP contribution in [0.15, 0.2) is 158 Å². The molecule has 8 aromatic carbocycles. The highest BCUT2D eigenvalue weighted by Gasteiger charge is 2.43.